The van der Waals surface area contributed by atoms with Gasteiger partial charge in [0.15, 0.2) is 0 Å². The van der Waals surface area contributed by atoms with E-state index < -0.39 is 16.0 Å². The van der Waals surface area contributed by atoms with Crippen LogP contribution in [-0.4, -0.2) is 19.5 Å². The Morgan fingerprint density at radius 2 is 1.84 bits per heavy atom. The van der Waals surface area contributed by atoms with Gasteiger partial charge in [-0.2, -0.15) is 0 Å². The smallest absolute Gasteiger partial charge is 0.339 e. The number of nitrogens with one attached hydrogen (secondary N) is 1. The summed E-state index contributed by atoms with van der Waals surface area (Å²) in [6.07, 6.45) is 0. The van der Waals surface area contributed by atoms with Gasteiger partial charge in [0.2, 0.25) is 0 Å². The van der Waals surface area contributed by atoms with E-state index >= 15 is 0 Å². The Labute approximate surface area is 145 Å². The average molecular weight is 359 g/mol. The maximum absolute atomic E-state index is 12.7. The molecule has 3 aromatic rings. The van der Waals surface area contributed by atoms with E-state index in [-0.39, 0.29) is 21.9 Å². The van der Waals surface area contributed by atoms with Gasteiger partial charge in [-0.05, 0) is 56.2 Å². The molecule has 0 fully saturated rings. The largest absolute Gasteiger partial charge is 0.478 e. The summed E-state index contributed by atoms with van der Waals surface area (Å²) in [7, 11) is -3.79. The van der Waals surface area contributed by atoms with E-state index in [1.807, 2.05) is 13.0 Å². The van der Waals surface area contributed by atoms with Crippen LogP contribution in [0, 0.1) is 20.8 Å². The molecule has 2 N–H and O–H groups in total. The summed E-state index contributed by atoms with van der Waals surface area (Å²) < 4.78 is 33.3. The minimum atomic E-state index is -3.79. The van der Waals surface area contributed by atoms with Crippen LogP contribution in [0.5, 0.6) is 0 Å². The van der Waals surface area contributed by atoms with Gasteiger partial charge in [0.25, 0.3) is 10.0 Å². The first kappa shape index (κ1) is 17.0. The fraction of sp³-hybridized carbons (Fsp3) is 0.167. The van der Waals surface area contributed by atoms with Crippen LogP contribution < -0.4 is 4.72 Å². The molecule has 1 aromatic heterocycles. The van der Waals surface area contributed by atoms with Gasteiger partial charge in [-0.25, -0.2) is 13.2 Å². The number of carboxylic acids is 1. The van der Waals surface area contributed by atoms with Crippen molar-refractivity contribution in [3.8, 4) is 0 Å². The molecule has 0 aliphatic heterocycles. The van der Waals surface area contributed by atoms with Crippen molar-refractivity contribution in [2.45, 2.75) is 25.7 Å². The number of furan rings is 1. The maximum Gasteiger partial charge on any atom is 0.339 e. The van der Waals surface area contributed by atoms with Crippen molar-refractivity contribution in [2.24, 2.45) is 0 Å². The fourth-order valence-corrected chi connectivity index (χ4v) is 4.14. The third-order valence-electron chi connectivity index (χ3n) is 4.17. The standard InChI is InChI=1S/C18H17NO5S/c1-10-5-4-6-16(11(10)2)25(22,23)19-13-7-8-15-14(9-13)17(18(20)21)12(3)24-15/h4-9,19H,1-3H3,(H,20,21). The van der Waals surface area contributed by atoms with E-state index in [2.05, 4.69) is 4.72 Å². The molecule has 0 radical (unpaired) electrons. The van der Waals surface area contributed by atoms with Crippen LogP contribution in [0.2, 0.25) is 0 Å². The molecule has 25 heavy (non-hydrogen) atoms. The van der Waals surface area contributed by atoms with Gasteiger partial charge < -0.3 is 9.52 Å². The molecule has 0 saturated carbocycles. The lowest BCUT2D eigenvalue weighted by Crippen LogP contribution is -2.14. The van der Waals surface area contributed by atoms with E-state index in [0.29, 0.717) is 16.5 Å². The number of carbonyl (C=O) groups is 1. The highest BCUT2D eigenvalue weighted by atomic mass is 32.2. The Balaban J connectivity index is 2.07. The molecule has 0 bridgehead atoms. The first-order chi connectivity index (χ1) is 11.7. The first-order valence-corrected chi connectivity index (χ1v) is 9.04. The molecule has 0 unspecified atom stereocenters. The highest BCUT2D eigenvalue weighted by Crippen LogP contribution is 2.29. The Kier molecular flexibility index (Phi) is 4.04. The number of fused-ring (bicyclic) bond motifs is 1. The van der Waals surface area contributed by atoms with Crippen LogP contribution >= 0.6 is 0 Å². The third kappa shape index (κ3) is 2.98. The molecular weight excluding hydrogens is 342 g/mol. The van der Waals surface area contributed by atoms with Crippen LogP contribution in [0.25, 0.3) is 11.0 Å². The SMILES string of the molecule is Cc1cccc(S(=O)(=O)Nc2ccc3oc(C)c(C(=O)O)c3c2)c1C. The Hall–Kier alpha value is -2.80. The molecule has 130 valence electrons. The fourth-order valence-electron chi connectivity index (χ4n) is 2.77. The minimum Gasteiger partial charge on any atom is -0.478 e. The number of carboxylic acid groups (broad SMARTS) is 1. The summed E-state index contributed by atoms with van der Waals surface area (Å²) in [5.41, 5.74) is 2.24. The van der Waals surface area contributed by atoms with Crippen LogP contribution in [-0.2, 0) is 10.0 Å². The van der Waals surface area contributed by atoms with E-state index in [0.717, 1.165) is 5.56 Å². The Bertz CT molecular complexity index is 1100. The molecule has 6 nitrogen and oxygen atoms in total. The van der Waals surface area contributed by atoms with E-state index in [1.54, 1.807) is 32.0 Å². The van der Waals surface area contributed by atoms with Gasteiger partial charge in [-0.3, -0.25) is 4.72 Å². The second-order valence-corrected chi connectivity index (χ2v) is 7.50. The predicted octanol–water partition coefficient (Wildman–Crippen LogP) is 3.86. The third-order valence-corrected chi connectivity index (χ3v) is 5.70. The zero-order valence-corrected chi connectivity index (χ0v) is 14.8. The first-order valence-electron chi connectivity index (χ1n) is 7.56. The number of rotatable bonds is 4. The quantitative estimate of drug-likeness (QED) is 0.737. The molecule has 1 heterocycles. The number of hydrogen-bond donors (Lipinski definition) is 2. The van der Waals surface area contributed by atoms with Crippen molar-refractivity contribution in [1.29, 1.82) is 0 Å². The maximum atomic E-state index is 12.7. The minimum absolute atomic E-state index is 0.0304. The van der Waals surface area contributed by atoms with E-state index in [9.17, 15) is 18.3 Å². The molecule has 0 aliphatic carbocycles. The summed E-state index contributed by atoms with van der Waals surface area (Å²) in [5.74, 6) is -0.845. The Morgan fingerprint density at radius 1 is 1.12 bits per heavy atom. The van der Waals surface area contributed by atoms with Crippen molar-refractivity contribution in [3.05, 3.63) is 58.8 Å². The molecule has 0 amide bonds. The highest BCUT2D eigenvalue weighted by Gasteiger charge is 2.21. The molecule has 0 aliphatic rings. The lowest BCUT2D eigenvalue weighted by atomic mass is 10.1. The number of hydrogen-bond acceptors (Lipinski definition) is 4. The van der Waals surface area contributed by atoms with Gasteiger partial charge in [0.05, 0.1) is 4.90 Å². The second kappa shape index (κ2) is 5.93. The van der Waals surface area contributed by atoms with Crippen LogP contribution in [0.4, 0.5) is 5.69 Å². The number of aromatic carboxylic acids is 1. The number of aryl methyl sites for hydroxylation is 2. The van der Waals surface area contributed by atoms with E-state index in [1.165, 1.54) is 12.1 Å². The predicted molar refractivity (Wildman–Crippen MR) is 94.6 cm³/mol. The second-order valence-electron chi connectivity index (χ2n) is 5.85. The van der Waals surface area contributed by atoms with Gasteiger partial charge in [0, 0.05) is 11.1 Å². The number of anilines is 1. The van der Waals surface area contributed by atoms with E-state index in [4.69, 9.17) is 4.42 Å². The molecule has 7 heteroatoms. The normalized spacial score (nSPS) is 11.6. The van der Waals surface area contributed by atoms with Crippen molar-refractivity contribution < 1.29 is 22.7 Å². The summed E-state index contributed by atoms with van der Waals surface area (Å²) in [5, 5.41) is 9.68. The lowest BCUT2D eigenvalue weighted by molar-refractivity contribution is 0.0697. The average Bonchev–Trinajstić information content (AvgIpc) is 2.84. The topological polar surface area (TPSA) is 96.6 Å². The van der Waals surface area contributed by atoms with Gasteiger partial charge in [-0.1, -0.05) is 12.1 Å². The van der Waals surface area contributed by atoms with Gasteiger partial charge in [0.1, 0.15) is 16.9 Å². The van der Waals surface area contributed by atoms with Crippen molar-refractivity contribution >= 4 is 32.6 Å². The molecular formula is C18H17NO5S. The zero-order chi connectivity index (χ0) is 18.4. The Morgan fingerprint density at radius 3 is 2.52 bits per heavy atom. The molecule has 0 saturated heterocycles. The summed E-state index contributed by atoms with van der Waals surface area (Å²) >= 11 is 0. The van der Waals surface area contributed by atoms with Gasteiger partial charge in [-0.15, -0.1) is 0 Å². The lowest BCUT2D eigenvalue weighted by Gasteiger charge is -2.12. The van der Waals surface area contributed by atoms with Crippen LogP contribution in [0.1, 0.15) is 27.2 Å². The van der Waals surface area contributed by atoms with Crippen molar-refractivity contribution in [2.75, 3.05) is 4.72 Å². The number of sulfonamides is 1. The van der Waals surface area contributed by atoms with Crippen molar-refractivity contribution in [3.63, 3.8) is 0 Å². The molecule has 3 rings (SSSR count). The molecule has 0 spiro atoms. The number of benzene rings is 2. The van der Waals surface area contributed by atoms with Crippen LogP contribution in [0.15, 0.2) is 45.7 Å². The monoisotopic (exact) mass is 359 g/mol. The van der Waals surface area contributed by atoms with Gasteiger partial charge >= 0.3 is 5.97 Å². The van der Waals surface area contributed by atoms with Crippen molar-refractivity contribution in [1.82, 2.24) is 0 Å². The molecule has 2 aromatic carbocycles. The summed E-state index contributed by atoms with van der Waals surface area (Å²) in [6, 6.07) is 9.62. The zero-order valence-electron chi connectivity index (χ0n) is 14.0. The summed E-state index contributed by atoms with van der Waals surface area (Å²) in [6.45, 7) is 5.15. The molecule has 0 atom stereocenters. The highest BCUT2D eigenvalue weighted by molar-refractivity contribution is 7.92. The summed E-state index contributed by atoms with van der Waals surface area (Å²) in [4.78, 5) is 11.6. The van der Waals surface area contributed by atoms with Crippen LogP contribution in [0.3, 0.4) is 0 Å².